The van der Waals surface area contributed by atoms with Crippen molar-refractivity contribution in [2.45, 2.75) is 39.7 Å². The van der Waals surface area contributed by atoms with Crippen LogP contribution in [0.4, 0.5) is 0 Å². The van der Waals surface area contributed by atoms with Crippen LogP contribution < -0.4 is 0 Å². The van der Waals surface area contributed by atoms with E-state index < -0.39 is 5.97 Å². The molecule has 0 unspecified atom stereocenters. The van der Waals surface area contributed by atoms with Crippen LogP contribution in [0.1, 0.15) is 33.6 Å². The van der Waals surface area contributed by atoms with Crippen LogP contribution >= 0.6 is 0 Å². The van der Waals surface area contributed by atoms with Gasteiger partial charge in [-0.3, -0.25) is 9.59 Å². The summed E-state index contributed by atoms with van der Waals surface area (Å²) in [5.74, 6) is -0.808. The Morgan fingerprint density at radius 1 is 1.47 bits per heavy atom. The van der Waals surface area contributed by atoms with Gasteiger partial charge in [-0.15, -0.1) is 0 Å². The highest BCUT2D eigenvalue weighted by atomic mass is 16.5. The number of morpholine rings is 1. The molecule has 0 aliphatic carbocycles. The molecule has 1 aliphatic rings. The van der Waals surface area contributed by atoms with Gasteiger partial charge in [0, 0.05) is 18.5 Å². The van der Waals surface area contributed by atoms with Crippen molar-refractivity contribution in [3.05, 3.63) is 0 Å². The topological polar surface area (TPSA) is 66.8 Å². The predicted molar refractivity (Wildman–Crippen MR) is 62.6 cm³/mol. The van der Waals surface area contributed by atoms with E-state index in [1.54, 1.807) is 4.90 Å². The summed E-state index contributed by atoms with van der Waals surface area (Å²) < 4.78 is 5.34. The lowest BCUT2D eigenvalue weighted by Crippen LogP contribution is -2.50. The van der Waals surface area contributed by atoms with Gasteiger partial charge in [-0.25, -0.2) is 0 Å². The summed E-state index contributed by atoms with van der Waals surface area (Å²) in [6.45, 7) is 7.16. The van der Waals surface area contributed by atoms with Crippen LogP contribution in [0.2, 0.25) is 0 Å². The van der Waals surface area contributed by atoms with Crippen LogP contribution in [-0.4, -0.2) is 47.7 Å². The van der Waals surface area contributed by atoms with Crippen molar-refractivity contribution in [3.63, 3.8) is 0 Å². The van der Waals surface area contributed by atoms with Crippen molar-refractivity contribution in [1.82, 2.24) is 4.90 Å². The molecule has 98 valence electrons. The summed E-state index contributed by atoms with van der Waals surface area (Å²) in [6, 6.07) is 0. The Morgan fingerprint density at radius 2 is 2.12 bits per heavy atom. The number of hydrogen-bond donors (Lipinski definition) is 1. The normalized spacial score (nSPS) is 21.4. The van der Waals surface area contributed by atoms with Crippen molar-refractivity contribution in [2.24, 2.45) is 5.41 Å². The van der Waals surface area contributed by atoms with Crippen molar-refractivity contribution in [3.8, 4) is 0 Å². The van der Waals surface area contributed by atoms with Crippen LogP contribution in [0, 0.1) is 5.41 Å². The van der Waals surface area contributed by atoms with Gasteiger partial charge in [-0.05, 0) is 6.42 Å². The summed E-state index contributed by atoms with van der Waals surface area (Å²) in [5, 5.41) is 8.71. The van der Waals surface area contributed by atoms with E-state index >= 15 is 0 Å². The fourth-order valence-electron chi connectivity index (χ4n) is 1.80. The summed E-state index contributed by atoms with van der Waals surface area (Å²) in [6.07, 6.45) is 0.348. The van der Waals surface area contributed by atoms with Gasteiger partial charge in [0.05, 0.1) is 19.1 Å². The molecule has 0 spiro atoms. The van der Waals surface area contributed by atoms with E-state index in [0.29, 0.717) is 19.7 Å². The molecular formula is C12H21NO4. The van der Waals surface area contributed by atoms with Gasteiger partial charge in [0.15, 0.2) is 0 Å². The first-order valence-corrected chi connectivity index (χ1v) is 5.99. The smallest absolute Gasteiger partial charge is 0.306 e. The van der Waals surface area contributed by atoms with E-state index in [-0.39, 0.29) is 23.8 Å². The van der Waals surface area contributed by atoms with Crippen LogP contribution in [0.25, 0.3) is 0 Å². The van der Waals surface area contributed by atoms with Gasteiger partial charge >= 0.3 is 5.97 Å². The predicted octanol–water partition coefficient (Wildman–Crippen LogP) is 1.12. The molecule has 0 bridgehead atoms. The lowest BCUT2D eigenvalue weighted by Gasteiger charge is -2.37. The zero-order chi connectivity index (χ0) is 13.1. The Balaban J connectivity index is 2.60. The summed E-state index contributed by atoms with van der Waals surface area (Å²) in [5.41, 5.74) is -0.384. The number of amides is 1. The molecule has 1 N–H and O–H groups in total. The molecule has 1 fully saturated rings. The minimum atomic E-state index is -0.890. The Morgan fingerprint density at radius 3 is 2.65 bits per heavy atom. The average molecular weight is 243 g/mol. The highest BCUT2D eigenvalue weighted by Crippen LogP contribution is 2.24. The molecule has 0 aromatic carbocycles. The Labute approximate surface area is 102 Å². The second kappa shape index (κ2) is 5.49. The average Bonchev–Trinajstić information content (AvgIpc) is 2.27. The Bertz CT molecular complexity index is 301. The van der Waals surface area contributed by atoms with Gasteiger partial charge < -0.3 is 14.7 Å². The minimum absolute atomic E-state index is 0.0453. The maximum atomic E-state index is 12.2. The van der Waals surface area contributed by atoms with Gasteiger partial charge in [-0.2, -0.15) is 0 Å². The second-order valence-electron chi connectivity index (χ2n) is 5.08. The van der Waals surface area contributed by atoms with Crippen LogP contribution in [0.3, 0.4) is 0 Å². The first-order chi connectivity index (χ1) is 7.86. The molecule has 1 atom stereocenters. The van der Waals surface area contributed by atoms with Crippen LogP contribution in [0.15, 0.2) is 0 Å². The fourth-order valence-corrected chi connectivity index (χ4v) is 1.80. The molecule has 1 aliphatic heterocycles. The monoisotopic (exact) mass is 243 g/mol. The van der Waals surface area contributed by atoms with Crippen molar-refractivity contribution in [1.29, 1.82) is 0 Å². The van der Waals surface area contributed by atoms with Crippen molar-refractivity contribution >= 4 is 11.9 Å². The Hall–Kier alpha value is -1.10. The zero-order valence-corrected chi connectivity index (χ0v) is 10.7. The van der Waals surface area contributed by atoms with Gasteiger partial charge in [0.1, 0.15) is 0 Å². The van der Waals surface area contributed by atoms with E-state index in [4.69, 9.17) is 9.84 Å². The molecule has 0 aromatic heterocycles. The third-order valence-corrected chi connectivity index (χ3v) is 3.29. The lowest BCUT2D eigenvalue weighted by atomic mass is 9.88. The number of nitrogens with zero attached hydrogens (tertiary/aromatic N) is 1. The highest BCUT2D eigenvalue weighted by molar-refractivity contribution is 5.82. The molecule has 0 aromatic rings. The highest BCUT2D eigenvalue weighted by Gasteiger charge is 2.33. The molecule has 0 saturated carbocycles. The number of ether oxygens (including phenoxy) is 1. The molecule has 1 amide bonds. The molecule has 1 rings (SSSR count). The SMILES string of the molecule is CCC(C)(C)C(=O)N1CCO[C@@H](CC(=O)O)C1. The summed E-state index contributed by atoms with van der Waals surface area (Å²) in [7, 11) is 0. The number of carbonyl (C=O) groups is 2. The van der Waals surface area contributed by atoms with Gasteiger partial charge in [0.2, 0.25) is 5.91 Å². The zero-order valence-electron chi connectivity index (χ0n) is 10.7. The number of carboxylic acid groups (broad SMARTS) is 1. The van der Waals surface area contributed by atoms with E-state index in [2.05, 4.69) is 0 Å². The molecule has 5 nitrogen and oxygen atoms in total. The lowest BCUT2D eigenvalue weighted by molar-refractivity contribution is -0.152. The minimum Gasteiger partial charge on any atom is -0.481 e. The summed E-state index contributed by atoms with van der Waals surface area (Å²) in [4.78, 5) is 24.5. The number of hydrogen-bond acceptors (Lipinski definition) is 3. The standard InChI is InChI=1S/C12H21NO4/c1-4-12(2,3)11(16)13-5-6-17-9(8-13)7-10(14)15/h9H,4-8H2,1-3H3,(H,14,15)/t9-/m0/s1. The number of carboxylic acids is 1. The van der Waals surface area contributed by atoms with Crippen molar-refractivity contribution in [2.75, 3.05) is 19.7 Å². The first-order valence-electron chi connectivity index (χ1n) is 5.99. The molecular weight excluding hydrogens is 222 g/mol. The quantitative estimate of drug-likeness (QED) is 0.803. The number of rotatable bonds is 4. The van der Waals surface area contributed by atoms with E-state index in [9.17, 15) is 9.59 Å². The van der Waals surface area contributed by atoms with E-state index in [0.717, 1.165) is 6.42 Å². The largest absolute Gasteiger partial charge is 0.481 e. The number of carbonyl (C=O) groups excluding carboxylic acids is 1. The fraction of sp³-hybridized carbons (Fsp3) is 0.833. The van der Waals surface area contributed by atoms with Gasteiger partial charge in [0.25, 0.3) is 0 Å². The summed E-state index contributed by atoms with van der Waals surface area (Å²) >= 11 is 0. The maximum Gasteiger partial charge on any atom is 0.306 e. The molecule has 0 radical (unpaired) electrons. The van der Waals surface area contributed by atoms with Crippen LogP contribution in [0.5, 0.6) is 0 Å². The molecule has 1 saturated heterocycles. The third-order valence-electron chi connectivity index (χ3n) is 3.29. The first kappa shape index (κ1) is 14.0. The van der Waals surface area contributed by atoms with Crippen LogP contribution in [-0.2, 0) is 14.3 Å². The molecule has 5 heteroatoms. The Kier molecular flexibility index (Phi) is 4.51. The maximum absolute atomic E-state index is 12.2. The van der Waals surface area contributed by atoms with E-state index in [1.807, 2.05) is 20.8 Å². The van der Waals surface area contributed by atoms with Crippen molar-refractivity contribution < 1.29 is 19.4 Å². The van der Waals surface area contributed by atoms with Gasteiger partial charge in [-0.1, -0.05) is 20.8 Å². The molecule has 17 heavy (non-hydrogen) atoms. The molecule has 1 heterocycles. The van der Waals surface area contributed by atoms with E-state index in [1.165, 1.54) is 0 Å². The second-order valence-corrected chi connectivity index (χ2v) is 5.08. The third kappa shape index (κ3) is 3.70. The number of aliphatic carboxylic acids is 1.